The predicted octanol–water partition coefficient (Wildman–Crippen LogP) is 14.0. The fraction of sp³-hybridized carbons (Fsp3) is 0. The molecule has 4 nitrogen and oxygen atoms in total. The van der Waals surface area contributed by atoms with E-state index in [9.17, 15) is 0 Å². The van der Waals surface area contributed by atoms with Crippen LogP contribution in [0, 0.1) is 0 Å². The number of aromatic nitrogens is 4. The summed E-state index contributed by atoms with van der Waals surface area (Å²) in [5, 5.41) is 7.65. The summed E-state index contributed by atoms with van der Waals surface area (Å²) in [4.78, 5) is 0. The molecule has 4 aromatic heterocycles. The molecule has 0 unspecified atom stereocenters. The molecule has 9 aromatic carbocycles. The van der Waals surface area contributed by atoms with Gasteiger partial charge in [-0.15, -0.1) is 0 Å². The second kappa shape index (κ2) is 11.8. The van der Waals surface area contributed by atoms with Gasteiger partial charge in [0.15, 0.2) is 0 Å². The molecule has 0 fully saturated rings. The molecule has 0 amide bonds. The number of nitrogens with zero attached hydrogens (tertiary/aromatic N) is 4. The van der Waals surface area contributed by atoms with Crippen molar-refractivity contribution in [1.29, 1.82) is 0 Å². The molecule has 58 heavy (non-hydrogen) atoms. The van der Waals surface area contributed by atoms with Crippen molar-refractivity contribution in [2.75, 3.05) is 0 Å². The van der Waals surface area contributed by atoms with Gasteiger partial charge in [-0.25, -0.2) is 0 Å². The summed E-state index contributed by atoms with van der Waals surface area (Å²) in [5.41, 5.74) is 16.6. The van der Waals surface area contributed by atoms with Gasteiger partial charge in [-0.3, -0.25) is 0 Å². The smallest absolute Gasteiger partial charge is 0.0563 e. The normalized spacial score (nSPS) is 12.1. The van der Waals surface area contributed by atoms with Crippen LogP contribution in [0.25, 0.3) is 110 Å². The van der Waals surface area contributed by atoms with Gasteiger partial charge in [0.25, 0.3) is 0 Å². The summed E-state index contributed by atoms with van der Waals surface area (Å²) in [6.45, 7) is 0. The molecule has 270 valence electrons. The van der Waals surface area contributed by atoms with Crippen LogP contribution in [-0.4, -0.2) is 18.3 Å². The largest absolute Gasteiger partial charge is 0.309 e. The van der Waals surface area contributed by atoms with Crippen LogP contribution in [0.1, 0.15) is 0 Å². The van der Waals surface area contributed by atoms with E-state index in [0.717, 1.165) is 22.7 Å². The lowest BCUT2D eigenvalue weighted by Crippen LogP contribution is -2.00. The molecule has 4 heterocycles. The van der Waals surface area contributed by atoms with Gasteiger partial charge in [0.05, 0.1) is 44.1 Å². The SMILES string of the molecule is c1cc(-c2cccc(-n3c4cccc5c4c4c3cccc4n5-c3cccc(-n4c5ccccc5c5ccccc54)c3)c2)cc(-n2c3ccccc3c3ccccc32)c1. The second-order valence-corrected chi connectivity index (χ2v) is 15.4. The van der Waals surface area contributed by atoms with Crippen molar-refractivity contribution in [2.45, 2.75) is 0 Å². The van der Waals surface area contributed by atoms with Crippen LogP contribution in [0.5, 0.6) is 0 Å². The standard InChI is InChI=1S/C54H34N4/c1-5-24-45-41(20-1)42-21-2-6-25-46(42)55(45)37-16-9-14-35(32-37)36-15-10-17-38(33-36)57-49-28-12-30-51-53(49)54-50(57)29-13-31-52(54)58(51)40-19-11-18-39(34-40)56-47-26-7-3-22-43(47)44-23-4-8-27-48(44)56/h1-34H. The highest BCUT2D eigenvalue weighted by Gasteiger charge is 2.23. The molecule has 0 N–H and O–H groups in total. The second-order valence-electron chi connectivity index (χ2n) is 15.4. The van der Waals surface area contributed by atoms with Gasteiger partial charge < -0.3 is 18.3 Å². The molecule has 0 aliphatic carbocycles. The van der Waals surface area contributed by atoms with Crippen molar-refractivity contribution < 1.29 is 0 Å². The summed E-state index contributed by atoms with van der Waals surface area (Å²) < 4.78 is 9.69. The Hall–Kier alpha value is -7.82. The lowest BCUT2D eigenvalue weighted by Gasteiger charge is -2.15. The van der Waals surface area contributed by atoms with E-state index < -0.39 is 0 Å². The van der Waals surface area contributed by atoms with Crippen LogP contribution in [-0.2, 0) is 0 Å². The zero-order valence-electron chi connectivity index (χ0n) is 31.4. The van der Waals surface area contributed by atoms with Gasteiger partial charge in [0, 0.05) is 55.1 Å². The van der Waals surface area contributed by atoms with Gasteiger partial charge >= 0.3 is 0 Å². The molecule has 0 bridgehead atoms. The van der Waals surface area contributed by atoms with E-state index in [-0.39, 0.29) is 0 Å². The van der Waals surface area contributed by atoms with E-state index in [4.69, 9.17) is 0 Å². The van der Waals surface area contributed by atoms with E-state index in [1.165, 1.54) is 87.6 Å². The lowest BCUT2D eigenvalue weighted by molar-refractivity contribution is 1.13. The van der Waals surface area contributed by atoms with Crippen molar-refractivity contribution in [2.24, 2.45) is 0 Å². The number of rotatable bonds is 5. The van der Waals surface area contributed by atoms with E-state index in [1.807, 2.05) is 0 Å². The van der Waals surface area contributed by atoms with E-state index in [2.05, 4.69) is 225 Å². The highest BCUT2D eigenvalue weighted by atomic mass is 15.0. The van der Waals surface area contributed by atoms with Crippen molar-refractivity contribution in [3.8, 4) is 33.9 Å². The minimum absolute atomic E-state index is 1.15. The molecule has 0 spiro atoms. The fourth-order valence-electron chi connectivity index (χ4n) is 9.95. The number of hydrogen-bond donors (Lipinski definition) is 0. The molecule has 13 rings (SSSR count). The minimum atomic E-state index is 1.15. The van der Waals surface area contributed by atoms with Crippen LogP contribution >= 0.6 is 0 Å². The minimum Gasteiger partial charge on any atom is -0.309 e. The molecule has 0 aliphatic rings. The van der Waals surface area contributed by atoms with Gasteiger partial charge in [-0.1, -0.05) is 115 Å². The predicted molar refractivity (Wildman–Crippen MR) is 243 cm³/mol. The fourth-order valence-corrected chi connectivity index (χ4v) is 9.95. The Kier molecular flexibility index (Phi) is 6.41. The van der Waals surface area contributed by atoms with Crippen LogP contribution < -0.4 is 0 Å². The monoisotopic (exact) mass is 738 g/mol. The lowest BCUT2D eigenvalue weighted by atomic mass is 10.0. The first-order valence-corrected chi connectivity index (χ1v) is 19.9. The topological polar surface area (TPSA) is 19.7 Å². The molecule has 0 saturated heterocycles. The molecule has 0 aliphatic heterocycles. The third kappa shape index (κ3) is 4.29. The van der Waals surface area contributed by atoms with Crippen LogP contribution in [0.15, 0.2) is 206 Å². The molecule has 13 aromatic rings. The van der Waals surface area contributed by atoms with Crippen molar-refractivity contribution in [1.82, 2.24) is 18.3 Å². The summed E-state index contributed by atoms with van der Waals surface area (Å²) in [6.07, 6.45) is 0. The number of hydrogen-bond acceptors (Lipinski definition) is 0. The molecular formula is C54H34N4. The molecular weight excluding hydrogens is 705 g/mol. The van der Waals surface area contributed by atoms with E-state index in [1.54, 1.807) is 0 Å². The Morgan fingerprint density at radius 1 is 0.207 bits per heavy atom. The molecule has 0 radical (unpaired) electrons. The first-order valence-electron chi connectivity index (χ1n) is 19.9. The average molecular weight is 739 g/mol. The number of benzene rings is 9. The molecule has 0 saturated carbocycles. The van der Waals surface area contributed by atoms with E-state index >= 15 is 0 Å². The Labute approximate surface area is 333 Å². The maximum Gasteiger partial charge on any atom is 0.0563 e. The van der Waals surface area contributed by atoms with Crippen molar-refractivity contribution in [3.63, 3.8) is 0 Å². The summed E-state index contributed by atoms with van der Waals surface area (Å²) >= 11 is 0. The van der Waals surface area contributed by atoms with Gasteiger partial charge in [0.2, 0.25) is 0 Å². The van der Waals surface area contributed by atoms with Gasteiger partial charge in [-0.2, -0.15) is 0 Å². The summed E-state index contributed by atoms with van der Waals surface area (Å²) in [7, 11) is 0. The van der Waals surface area contributed by atoms with Crippen LogP contribution in [0.4, 0.5) is 0 Å². The van der Waals surface area contributed by atoms with Gasteiger partial charge in [0.1, 0.15) is 0 Å². The highest BCUT2D eigenvalue weighted by Crippen LogP contribution is 2.43. The Balaban J connectivity index is 0.957. The van der Waals surface area contributed by atoms with Crippen LogP contribution in [0.3, 0.4) is 0 Å². The van der Waals surface area contributed by atoms with Gasteiger partial charge in [-0.05, 0) is 102 Å². The Morgan fingerprint density at radius 2 is 0.466 bits per heavy atom. The first-order chi connectivity index (χ1) is 28.8. The van der Waals surface area contributed by atoms with Crippen LogP contribution in [0.2, 0.25) is 0 Å². The number of para-hydroxylation sites is 4. The summed E-state index contributed by atoms with van der Waals surface area (Å²) in [5.74, 6) is 0. The average Bonchev–Trinajstić information content (AvgIpc) is 4.02. The third-order valence-electron chi connectivity index (χ3n) is 12.3. The van der Waals surface area contributed by atoms with Crippen molar-refractivity contribution in [3.05, 3.63) is 206 Å². The Bertz CT molecular complexity index is 3580. The maximum absolute atomic E-state index is 2.45. The van der Waals surface area contributed by atoms with E-state index in [0.29, 0.717) is 0 Å². The highest BCUT2D eigenvalue weighted by molar-refractivity contribution is 6.25. The zero-order valence-corrected chi connectivity index (χ0v) is 31.4. The Morgan fingerprint density at radius 3 is 0.828 bits per heavy atom. The third-order valence-corrected chi connectivity index (χ3v) is 12.3. The molecule has 4 heteroatoms. The summed E-state index contributed by atoms with van der Waals surface area (Å²) in [6, 6.07) is 75.3. The number of fused-ring (bicyclic) bond motifs is 6. The molecule has 0 atom stereocenters. The van der Waals surface area contributed by atoms with Crippen molar-refractivity contribution >= 4 is 76.5 Å². The quantitative estimate of drug-likeness (QED) is 0.168. The first kappa shape index (κ1) is 31.4. The zero-order chi connectivity index (χ0) is 37.9. The maximum atomic E-state index is 2.45.